The second-order valence-corrected chi connectivity index (χ2v) is 5.24. The summed E-state index contributed by atoms with van der Waals surface area (Å²) in [6.07, 6.45) is 0. The third kappa shape index (κ3) is 2.34. The van der Waals surface area contributed by atoms with Crippen LogP contribution in [0, 0.1) is 5.41 Å². The first kappa shape index (κ1) is 12.5. The molecule has 1 aliphatic heterocycles. The van der Waals surface area contributed by atoms with Crippen molar-refractivity contribution in [2.24, 2.45) is 5.41 Å². The number of fused-ring (bicyclic) bond motifs is 1. The zero-order valence-electron chi connectivity index (χ0n) is 10.7. The predicted molar refractivity (Wildman–Crippen MR) is 65.5 cm³/mol. The number of ether oxygens (including phenoxy) is 2. The van der Waals surface area contributed by atoms with E-state index in [0.29, 0.717) is 17.1 Å². The summed E-state index contributed by atoms with van der Waals surface area (Å²) in [4.78, 5) is 11.7. The standard InChI is InChI=1S/C13H17NO4/c1-13(2,3)12(16)14-6-8-4-5-9-11(10(8)15)18-7-17-9/h4-5,15H,6-7H2,1-3H3,(H,14,16). The highest BCUT2D eigenvalue weighted by molar-refractivity contribution is 5.81. The molecule has 5 nitrogen and oxygen atoms in total. The Morgan fingerprint density at radius 2 is 2.11 bits per heavy atom. The maximum absolute atomic E-state index is 11.7. The molecule has 0 spiro atoms. The monoisotopic (exact) mass is 251 g/mol. The van der Waals surface area contributed by atoms with Crippen LogP contribution in [-0.4, -0.2) is 17.8 Å². The van der Waals surface area contributed by atoms with Gasteiger partial charge in [0.05, 0.1) is 0 Å². The molecule has 0 bridgehead atoms. The van der Waals surface area contributed by atoms with Gasteiger partial charge in [-0.1, -0.05) is 20.8 Å². The molecule has 1 aliphatic rings. The minimum absolute atomic E-state index is 0.0270. The number of hydrogen-bond donors (Lipinski definition) is 2. The Hall–Kier alpha value is -1.91. The lowest BCUT2D eigenvalue weighted by molar-refractivity contribution is -0.128. The largest absolute Gasteiger partial charge is 0.504 e. The molecule has 1 amide bonds. The summed E-state index contributed by atoms with van der Waals surface area (Å²) in [7, 11) is 0. The van der Waals surface area contributed by atoms with Crippen molar-refractivity contribution in [1.82, 2.24) is 5.32 Å². The molecule has 98 valence electrons. The number of phenols is 1. The van der Waals surface area contributed by atoms with Gasteiger partial charge in [0.1, 0.15) is 0 Å². The smallest absolute Gasteiger partial charge is 0.231 e. The van der Waals surface area contributed by atoms with E-state index in [-0.39, 0.29) is 25.0 Å². The second-order valence-electron chi connectivity index (χ2n) is 5.24. The van der Waals surface area contributed by atoms with E-state index in [1.165, 1.54) is 0 Å². The first-order valence-corrected chi connectivity index (χ1v) is 5.78. The van der Waals surface area contributed by atoms with Crippen LogP contribution in [0.3, 0.4) is 0 Å². The van der Waals surface area contributed by atoms with E-state index in [0.717, 1.165) is 0 Å². The van der Waals surface area contributed by atoms with Crippen molar-refractivity contribution in [3.63, 3.8) is 0 Å². The molecule has 18 heavy (non-hydrogen) atoms. The number of phenolic OH excluding ortho intramolecular Hbond substituents is 1. The Kier molecular flexibility index (Phi) is 3.07. The average molecular weight is 251 g/mol. The normalized spacial score (nSPS) is 13.5. The molecule has 0 fully saturated rings. The third-order valence-corrected chi connectivity index (χ3v) is 2.72. The molecule has 0 saturated carbocycles. The van der Waals surface area contributed by atoms with Crippen LogP contribution in [0.4, 0.5) is 0 Å². The summed E-state index contributed by atoms with van der Waals surface area (Å²) in [5, 5.41) is 12.7. The lowest BCUT2D eigenvalue weighted by Gasteiger charge is -2.18. The van der Waals surface area contributed by atoms with Gasteiger partial charge in [0.15, 0.2) is 11.5 Å². The van der Waals surface area contributed by atoms with Gasteiger partial charge in [0.2, 0.25) is 18.4 Å². The number of nitrogens with one attached hydrogen (secondary N) is 1. The molecule has 0 saturated heterocycles. The summed E-state index contributed by atoms with van der Waals surface area (Å²) in [6, 6.07) is 3.44. The van der Waals surface area contributed by atoms with Crippen molar-refractivity contribution < 1.29 is 19.4 Å². The Balaban J connectivity index is 2.10. The van der Waals surface area contributed by atoms with Crippen LogP contribution in [0.2, 0.25) is 0 Å². The number of aromatic hydroxyl groups is 1. The fourth-order valence-electron chi connectivity index (χ4n) is 1.58. The number of carbonyl (C=O) groups is 1. The molecule has 0 radical (unpaired) electrons. The lowest BCUT2D eigenvalue weighted by atomic mass is 9.95. The van der Waals surface area contributed by atoms with Crippen molar-refractivity contribution in [2.75, 3.05) is 6.79 Å². The summed E-state index contributed by atoms with van der Waals surface area (Å²) in [6.45, 7) is 5.88. The zero-order valence-corrected chi connectivity index (χ0v) is 10.7. The highest BCUT2D eigenvalue weighted by atomic mass is 16.7. The molecular weight excluding hydrogens is 234 g/mol. The third-order valence-electron chi connectivity index (χ3n) is 2.72. The van der Waals surface area contributed by atoms with Gasteiger partial charge in [0.25, 0.3) is 0 Å². The molecule has 1 aromatic rings. The second kappa shape index (κ2) is 4.40. The van der Waals surface area contributed by atoms with Gasteiger partial charge in [-0.2, -0.15) is 0 Å². The summed E-state index contributed by atoms with van der Waals surface area (Å²) in [5.74, 6) is 0.828. The maximum atomic E-state index is 11.7. The molecular formula is C13H17NO4. The minimum atomic E-state index is -0.452. The van der Waals surface area contributed by atoms with Crippen LogP contribution < -0.4 is 14.8 Å². The summed E-state index contributed by atoms with van der Waals surface area (Å²) in [5.41, 5.74) is 0.156. The maximum Gasteiger partial charge on any atom is 0.231 e. The van der Waals surface area contributed by atoms with Crippen molar-refractivity contribution >= 4 is 5.91 Å². The van der Waals surface area contributed by atoms with Crippen LogP contribution in [0.15, 0.2) is 12.1 Å². The Morgan fingerprint density at radius 3 is 2.78 bits per heavy atom. The average Bonchev–Trinajstić information content (AvgIpc) is 2.75. The Bertz CT molecular complexity index is 477. The highest BCUT2D eigenvalue weighted by Crippen LogP contribution is 2.42. The van der Waals surface area contributed by atoms with Crippen LogP contribution in [0.1, 0.15) is 26.3 Å². The van der Waals surface area contributed by atoms with E-state index in [1.807, 2.05) is 20.8 Å². The lowest BCUT2D eigenvalue weighted by Crippen LogP contribution is -2.34. The van der Waals surface area contributed by atoms with Gasteiger partial charge >= 0.3 is 0 Å². The van der Waals surface area contributed by atoms with Crippen molar-refractivity contribution in [3.8, 4) is 17.2 Å². The van der Waals surface area contributed by atoms with Gasteiger partial charge in [0, 0.05) is 17.5 Å². The molecule has 1 aromatic carbocycles. The molecule has 5 heteroatoms. The Labute approximate surface area is 106 Å². The van der Waals surface area contributed by atoms with Gasteiger partial charge < -0.3 is 19.9 Å². The predicted octanol–water partition coefficient (Wildman–Crippen LogP) is 1.78. The van der Waals surface area contributed by atoms with Gasteiger partial charge in [-0.15, -0.1) is 0 Å². The number of benzene rings is 1. The topological polar surface area (TPSA) is 67.8 Å². The number of carbonyl (C=O) groups excluding carboxylic acids is 1. The quantitative estimate of drug-likeness (QED) is 0.840. The Morgan fingerprint density at radius 1 is 1.39 bits per heavy atom. The molecule has 0 aliphatic carbocycles. The van der Waals surface area contributed by atoms with E-state index in [4.69, 9.17) is 9.47 Å². The molecule has 0 aromatic heterocycles. The van der Waals surface area contributed by atoms with Gasteiger partial charge in [-0.25, -0.2) is 0 Å². The first-order valence-electron chi connectivity index (χ1n) is 5.78. The number of hydrogen-bond acceptors (Lipinski definition) is 4. The fourth-order valence-corrected chi connectivity index (χ4v) is 1.58. The van der Waals surface area contributed by atoms with E-state index in [2.05, 4.69) is 5.32 Å². The van der Waals surface area contributed by atoms with E-state index < -0.39 is 5.41 Å². The van der Waals surface area contributed by atoms with Gasteiger partial charge in [-0.3, -0.25) is 4.79 Å². The van der Waals surface area contributed by atoms with Crippen LogP contribution in [0.25, 0.3) is 0 Å². The van der Waals surface area contributed by atoms with Crippen LogP contribution >= 0.6 is 0 Å². The van der Waals surface area contributed by atoms with Gasteiger partial charge in [-0.05, 0) is 12.1 Å². The SMILES string of the molecule is CC(C)(C)C(=O)NCc1ccc2c(c1O)OCO2. The highest BCUT2D eigenvalue weighted by Gasteiger charge is 2.23. The van der Waals surface area contributed by atoms with E-state index >= 15 is 0 Å². The summed E-state index contributed by atoms with van der Waals surface area (Å²) >= 11 is 0. The molecule has 0 unspecified atom stereocenters. The number of rotatable bonds is 2. The van der Waals surface area contributed by atoms with E-state index in [1.54, 1.807) is 12.1 Å². The first-order chi connectivity index (χ1) is 8.39. The molecule has 2 N–H and O–H groups in total. The van der Waals surface area contributed by atoms with E-state index in [9.17, 15) is 9.90 Å². The molecule has 0 atom stereocenters. The van der Waals surface area contributed by atoms with Crippen LogP contribution in [0.5, 0.6) is 17.2 Å². The fraction of sp³-hybridized carbons (Fsp3) is 0.462. The van der Waals surface area contributed by atoms with Crippen molar-refractivity contribution in [1.29, 1.82) is 0 Å². The van der Waals surface area contributed by atoms with Crippen LogP contribution in [-0.2, 0) is 11.3 Å². The van der Waals surface area contributed by atoms with Crippen molar-refractivity contribution in [3.05, 3.63) is 17.7 Å². The molecule has 1 heterocycles. The zero-order chi connectivity index (χ0) is 13.3. The summed E-state index contributed by atoms with van der Waals surface area (Å²) < 4.78 is 10.3. The number of amides is 1. The van der Waals surface area contributed by atoms with Crippen molar-refractivity contribution in [2.45, 2.75) is 27.3 Å². The minimum Gasteiger partial charge on any atom is -0.504 e. The molecule has 2 rings (SSSR count).